The zero-order chi connectivity index (χ0) is 20.4. The van der Waals surface area contributed by atoms with Gasteiger partial charge in [-0.1, -0.05) is 54.6 Å². The Morgan fingerprint density at radius 3 is 2.24 bits per heavy atom. The molecule has 0 unspecified atom stereocenters. The fourth-order valence-corrected chi connectivity index (χ4v) is 4.14. The van der Waals surface area contributed by atoms with Crippen molar-refractivity contribution >= 4 is 40.3 Å². The Kier molecular flexibility index (Phi) is 5.32. The van der Waals surface area contributed by atoms with E-state index >= 15 is 0 Å². The van der Waals surface area contributed by atoms with E-state index in [-0.39, 0.29) is 11.7 Å². The van der Waals surface area contributed by atoms with Crippen LogP contribution in [0, 0.1) is 19.7 Å². The van der Waals surface area contributed by atoms with Gasteiger partial charge in [-0.15, -0.1) is 0 Å². The normalized spacial score (nSPS) is 16.8. The molecule has 1 heterocycles. The molecule has 1 amide bonds. The molecule has 0 bridgehead atoms. The number of nitrogens with zero attached hydrogens (tertiary/aromatic N) is 2. The summed E-state index contributed by atoms with van der Waals surface area (Å²) >= 11 is 1.26. The molecule has 3 aromatic carbocycles. The molecule has 29 heavy (non-hydrogen) atoms. The molecule has 0 spiro atoms. The second kappa shape index (κ2) is 8.05. The van der Waals surface area contributed by atoms with Gasteiger partial charge in [-0.25, -0.2) is 9.38 Å². The molecule has 1 aliphatic rings. The van der Waals surface area contributed by atoms with Crippen molar-refractivity contribution in [3.8, 4) is 0 Å². The van der Waals surface area contributed by atoms with Crippen LogP contribution in [0.5, 0.6) is 0 Å². The molecule has 3 nitrogen and oxygen atoms in total. The molecule has 144 valence electrons. The zero-order valence-electron chi connectivity index (χ0n) is 16.1. The minimum absolute atomic E-state index is 0.213. The van der Waals surface area contributed by atoms with Crippen LogP contribution in [0.1, 0.15) is 16.7 Å². The monoisotopic (exact) mass is 402 g/mol. The van der Waals surface area contributed by atoms with Crippen molar-refractivity contribution < 1.29 is 9.18 Å². The van der Waals surface area contributed by atoms with E-state index in [4.69, 9.17) is 4.99 Å². The molecule has 3 aromatic rings. The molecule has 0 N–H and O–H groups in total. The van der Waals surface area contributed by atoms with E-state index in [1.807, 2.05) is 62.4 Å². The summed E-state index contributed by atoms with van der Waals surface area (Å²) in [6, 6.07) is 21.8. The van der Waals surface area contributed by atoms with Gasteiger partial charge in [-0.2, -0.15) is 0 Å². The maximum atomic E-state index is 14.1. The van der Waals surface area contributed by atoms with Crippen molar-refractivity contribution in [2.24, 2.45) is 4.99 Å². The Morgan fingerprint density at radius 1 is 0.897 bits per heavy atom. The highest BCUT2D eigenvalue weighted by Crippen LogP contribution is 2.38. The summed E-state index contributed by atoms with van der Waals surface area (Å²) in [5.74, 6) is -0.575. The summed E-state index contributed by atoms with van der Waals surface area (Å²) in [5.41, 5.74) is 4.02. The van der Waals surface area contributed by atoms with E-state index in [9.17, 15) is 9.18 Å². The van der Waals surface area contributed by atoms with Gasteiger partial charge >= 0.3 is 0 Å². The van der Waals surface area contributed by atoms with Crippen LogP contribution in [0.2, 0.25) is 0 Å². The first-order valence-electron chi connectivity index (χ1n) is 9.23. The first-order valence-corrected chi connectivity index (χ1v) is 10.0. The molecule has 0 radical (unpaired) electrons. The topological polar surface area (TPSA) is 32.7 Å². The smallest absolute Gasteiger partial charge is 0.268 e. The summed E-state index contributed by atoms with van der Waals surface area (Å²) in [6.45, 7) is 3.99. The van der Waals surface area contributed by atoms with Crippen LogP contribution >= 0.6 is 11.8 Å². The van der Waals surface area contributed by atoms with Crippen LogP contribution in [0.15, 0.2) is 82.7 Å². The van der Waals surface area contributed by atoms with Gasteiger partial charge in [0, 0.05) is 5.56 Å². The fraction of sp³-hybridized carbons (Fsp3) is 0.0833. The van der Waals surface area contributed by atoms with E-state index in [1.54, 1.807) is 29.2 Å². The lowest BCUT2D eigenvalue weighted by Gasteiger charge is -2.16. The number of hydrogen-bond acceptors (Lipinski definition) is 3. The lowest BCUT2D eigenvalue weighted by atomic mass is 10.1. The Bertz CT molecular complexity index is 1120. The van der Waals surface area contributed by atoms with Crippen LogP contribution in [0.25, 0.3) is 6.08 Å². The third-order valence-corrected chi connectivity index (χ3v) is 5.63. The number of thioether (sulfide) groups is 1. The van der Waals surface area contributed by atoms with Gasteiger partial charge in [-0.3, -0.25) is 9.69 Å². The average Bonchev–Trinajstić information content (AvgIpc) is 3.02. The number of amides is 1. The van der Waals surface area contributed by atoms with Crippen molar-refractivity contribution in [1.82, 2.24) is 0 Å². The standard InChI is InChI=1S/C24H19FN2OS/c1-16-9-8-10-17(2)22(16)26-24-27(19-12-4-3-5-13-19)23(28)21(29-24)15-18-11-6-7-14-20(18)25/h3-15H,1-2H3/b21-15+,26-24?. The maximum Gasteiger partial charge on any atom is 0.271 e. The molecule has 0 aliphatic carbocycles. The highest BCUT2D eigenvalue weighted by molar-refractivity contribution is 8.19. The number of anilines is 1. The minimum atomic E-state index is -0.361. The van der Waals surface area contributed by atoms with Crippen LogP contribution in [-0.2, 0) is 4.79 Å². The van der Waals surface area contributed by atoms with E-state index in [2.05, 4.69) is 0 Å². The van der Waals surface area contributed by atoms with Gasteiger partial charge in [0.2, 0.25) is 0 Å². The maximum absolute atomic E-state index is 14.1. The molecule has 5 heteroatoms. The van der Waals surface area contributed by atoms with Crippen molar-refractivity contribution in [3.63, 3.8) is 0 Å². The highest BCUT2D eigenvalue weighted by Gasteiger charge is 2.35. The average molecular weight is 402 g/mol. The molecule has 4 rings (SSSR count). The van der Waals surface area contributed by atoms with E-state index in [1.165, 1.54) is 17.8 Å². The third kappa shape index (κ3) is 3.87. The second-order valence-corrected chi connectivity index (χ2v) is 7.75. The lowest BCUT2D eigenvalue weighted by Crippen LogP contribution is -2.28. The van der Waals surface area contributed by atoms with Gasteiger partial charge < -0.3 is 0 Å². The van der Waals surface area contributed by atoms with Crippen molar-refractivity contribution in [2.75, 3.05) is 4.90 Å². The number of benzene rings is 3. The number of para-hydroxylation sites is 2. The Balaban J connectivity index is 1.83. The summed E-state index contributed by atoms with van der Waals surface area (Å²) in [7, 11) is 0. The Morgan fingerprint density at radius 2 is 1.55 bits per heavy atom. The summed E-state index contributed by atoms with van der Waals surface area (Å²) in [6.07, 6.45) is 1.59. The number of amidine groups is 1. The SMILES string of the molecule is Cc1cccc(C)c1N=C1S/C(=C/c2ccccc2F)C(=O)N1c1ccccc1. The summed E-state index contributed by atoms with van der Waals surface area (Å²) in [5, 5.41) is 0.557. The molecule has 0 atom stereocenters. The van der Waals surface area contributed by atoms with Crippen LogP contribution in [0.4, 0.5) is 15.8 Å². The van der Waals surface area contributed by atoms with Gasteiger partial charge in [0.25, 0.3) is 5.91 Å². The summed E-state index contributed by atoms with van der Waals surface area (Å²) < 4.78 is 14.1. The van der Waals surface area contributed by atoms with Crippen molar-refractivity contribution in [1.29, 1.82) is 0 Å². The number of aliphatic imine (C=N–C) groups is 1. The first-order chi connectivity index (χ1) is 14.0. The molecule has 1 fully saturated rings. The van der Waals surface area contributed by atoms with Gasteiger partial charge in [0.1, 0.15) is 5.82 Å². The molecular formula is C24H19FN2OS. The number of halogens is 1. The Hall–Kier alpha value is -3.18. The molecule has 0 saturated carbocycles. The van der Waals surface area contributed by atoms with Crippen LogP contribution in [-0.4, -0.2) is 11.1 Å². The Labute approximate surface area is 173 Å². The van der Waals surface area contributed by atoms with E-state index < -0.39 is 0 Å². The van der Waals surface area contributed by atoms with E-state index in [0.717, 1.165) is 22.5 Å². The quantitative estimate of drug-likeness (QED) is 0.485. The molecule has 1 saturated heterocycles. The minimum Gasteiger partial charge on any atom is -0.268 e. The number of aryl methyl sites for hydroxylation is 2. The number of hydrogen-bond donors (Lipinski definition) is 0. The number of rotatable bonds is 3. The van der Waals surface area contributed by atoms with Crippen molar-refractivity contribution in [3.05, 3.63) is 100 Å². The lowest BCUT2D eigenvalue weighted by molar-refractivity contribution is -0.113. The molecule has 0 aromatic heterocycles. The van der Waals surface area contributed by atoms with Crippen LogP contribution < -0.4 is 4.90 Å². The second-order valence-electron chi connectivity index (χ2n) is 6.74. The van der Waals surface area contributed by atoms with Gasteiger partial charge in [-0.05, 0) is 61.0 Å². The molecule has 1 aliphatic heterocycles. The largest absolute Gasteiger partial charge is 0.271 e. The van der Waals surface area contributed by atoms with Crippen molar-refractivity contribution in [2.45, 2.75) is 13.8 Å². The van der Waals surface area contributed by atoms with Gasteiger partial charge in [0.05, 0.1) is 16.3 Å². The first kappa shape index (κ1) is 19.2. The predicted molar refractivity (Wildman–Crippen MR) is 119 cm³/mol. The third-order valence-electron chi connectivity index (χ3n) is 4.66. The number of carbonyl (C=O) groups excluding carboxylic acids is 1. The van der Waals surface area contributed by atoms with Gasteiger partial charge in [0.15, 0.2) is 5.17 Å². The molecular weight excluding hydrogens is 383 g/mol. The van der Waals surface area contributed by atoms with E-state index in [0.29, 0.717) is 15.6 Å². The zero-order valence-corrected chi connectivity index (χ0v) is 16.9. The highest BCUT2D eigenvalue weighted by atomic mass is 32.2. The predicted octanol–water partition coefficient (Wildman–Crippen LogP) is 6.25. The number of carbonyl (C=O) groups is 1. The summed E-state index contributed by atoms with van der Waals surface area (Å²) in [4.78, 5) is 20.1. The van der Waals surface area contributed by atoms with Crippen LogP contribution in [0.3, 0.4) is 0 Å². The fourth-order valence-electron chi connectivity index (χ4n) is 3.16.